The van der Waals surface area contributed by atoms with Gasteiger partial charge >= 0.3 is 0 Å². The highest BCUT2D eigenvalue weighted by atomic mass is 16.5. The quantitative estimate of drug-likeness (QED) is 0.187. The van der Waals surface area contributed by atoms with Crippen LogP contribution in [0.3, 0.4) is 0 Å². The lowest BCUT2D eigenvalue weighted by molar-refractivity contribution is 0.475. The number of nitrogens with zero attached hydrogens (tertiary/aromatic N) is 2. The van der Waals surface area contributed by atoms with Crippen LogP contribution < -0.4 is 9.47 Å². The molecule has 4 heterocycles. The summed E-state index contributed by atoms with van der Waals surface area (Å²) in [6, 6.07) is 44.6. The van der Waals surface area contributed by atoms with Crippen LogP contribution in [0.2, 0.25) is 0 Å². The lowest BCUT2D eigenvalue weighted by Crippen LogP contribution is -2.04. The Hall–Kier alpha value is -6.26. The summed E-state index contributed by atoms with van der Waals surface area (Å²) in [5, 5.41) is 4.89. The highest BCUT2D eigenvalue weighted by Crippen LogP contribution is 2.48. The van der Waals surface area contributed by atoms with Crippen molar-refractivity contribution in [3.05, 3.63) is 144 Å². The van der Waals surface area contributed by atoms with E-state index in [-0.39, 0.29) is 0 Å². The van der Waals surface area contributed by atoms with E-state index in [2.05, 4.69) is 158 Å². The number of fused-ring (bicyclic) bond motifs is 10. The predicted octanol–water partition coefficient (Wildman–Crippen LogP) is 12.7. The number of aromatic nitrogens is 2. The minimum atomic E-state index is 0.901. The largest absolute Gasteiger partial charge is 0.453 e. The van der Waals surface area contributed by atoms with Crippen LogP contribution in [-0.2, 0) is 0 Å². The normalized spacial score (nSPS) is 12.7. The summed E-state index contributed by atoms with van der Waals surface area (Å²) >= 11 is 0. The first-order chi connectivity index (χ1) is 24.4. The second-order valence-corrected chi connectivity index (χ2v) is 14.2. The number of benzene rings is 7. The Labute approximate surface area is 289 Å². The Kier molecular flexibility index (Phi) is 5.35. The summed E-state index contributed by atoms with van der Waals surface area (Å²) in [4.78, 5) is 0. The topological polar surface area (TPSA) is 28.3 Å². The fourth-order valence-corrected chi connectivity index (χ4v) is 8.40. The van der Waals surface area contributed by atoms with Gasteiger partial charge in [-0.25, -0.2) is 0 Å². The molecule has 0 amide bonds. The van der Waals surface area contributed by atoms with Crippen LogP contribution in [0.1, 0.15) is 22.3 Å². The van der Waals surface area contributed by atoms with Crippen molar-refractivity contribution >= 4 is 43.6 Å². The summed E-state index contributed by atoms with van der Waals surface area (Å²) in [7, 11) is 0. The van der Waals surface area contributed by atoms with Gasteiger partial charge in [-0.15, -0.1) is 0 Å². The van der Waals surface area contributed by atoms with Gasteiger partial charge in [-0.05, 0) is 151 Å². The Balaban J connectivity index is 1.07. The van der Waals surface area contributed by atoms with E-state index in [1.54, 1.807) is 0 Å². The van der Waals surface area contributed by atoms with E-state index in [0.29, 0.717) is 0 Å². The Bertz CT molecular complexity index is 2780. The van der Waals surface area contributed by atoms with Crippen molar-refractivity contribution < 1.29 is 9.47 Å². The zero-order valence-electron chi connectivity index (χ0n) is 28.3. The molecule has 0 fully saturated rings. The van der Waals surface area contributed by atoms with Crippen molar-refractivity contribution in [2.75, 3.05) is 0 Å². The van der Waals surface area contributed by atoms with Crippen molar-refractivity contribution in [3.8, 4) is 56.6 Å². The number of rotatable bonds is 2. The summed E-state index contributed by atoms with van der Waals surface area (Å²) in [6.07, 6.45) is 0. The fraction of sp³-hybridized carbons (Fsp3) is 0.0870. The van der Waals surface area contributed by atoms with Gasteiger partial charge in [0.1, 0.15) is 0 Å². The molecule has 9 aromatic rings. The number of ether oxygens (including phenoxy) is 2. The maximum atomic E-state index is 6.50. The first kappa shape index (κ1) is 27.7. The summed E-state index contributed by atoms with van der Waals surface area (Å²) in [5.41, 5.74) is 16.3. The van der Waals surface area contributed by atoms with Crippen LogP contribution in [0.5, 0.6) is 23.0 Å². The molecule has 0 N–H and O–H groups in total. The van der Waals surface area contributed by atoms with E-state index < -0.39 is 0 Å². The van der Waals surface area contributed by atoms with Crippen molar-refractivity contribution in [1.29, 1.82) is 0 Å². The minimum Gasteiger partial charge on any atom is -0.453 e. The summed E-state index contributed by atoms with van der Waals surface area (Å²) < 4.78 is 17.7. The second kappa shape index (κ2) is 9.67. The van der Waals surface area contributed by atoms with Gasteiger partial charge in [0.15, 0.2) is 23.0 Å². The van der Waals surface area contributed by atoms with Crippen LogP contribution in [0, 0.1) is 27.7 Å². The molecule has 2 aliphatic heterocycles. The van der Waals surface area contributed by atoms with Crippen LogP contribution >= 0.6 is 0 Å². The lowest BCUT2D eigenvalue weighted by atomic mass is 9.97. The van der Waals surface area contributed by atoms with Gasteiger partial charge < -0.3 is 18.6 Å². The molecule has 0 saturated carbocycles. The van der Waals surface area contributed by atoms with Crippen LogP contribution in [0.25, 0.3) is 77.2 Å². The molecule has 2 aliphatic rings. The molecular weight excluding hydrogens is 613 g/mol. The van der Waals surface area contributed by atoms with Crippen molar-refractivity contribution in [2.45, 2.75) is 27.7 Å². The first-order valence-corrected chi connectivity index (χ1v) is 17.2. The van der Waals surface area contributed by atoms with Gasteiger partial charge in [0.05, 0.1) is 33.4 Å². The van der Waals surface area contributed by atoms with Gasteiger partial charge in [-0.1, -0.05) is 42.5 Å². The molecule has 4 nitrogen and oxygen atoms in total. The molecule has 0 saturated heterocycles. The van der Waals surface area contributed by atoms with Crippen molar-refractivity contribution in [1.82, 2.24) is 9.13 Å². The highest BCUT2D eigenvalue weighted by Gasteiger charge is 2.26. The smallest absolute Gasteiger partial charge is 0.152 e. The predicted molar refractivity (Wildman–Crippen MR) is 205 cm³/mol. The van der Waals surface area contributed by atoms with E-state index in [0.717, 1.165) is 45.4 Å². The molecule has 0 unspecified atom stereocenters. The third-order valence-corrected chi connectivity index (χ3v) is 10.6. The van der Waals surface area contributed by atoms with E-state index in [9.17, 15) is 0 Å². The molecule has 2 aromatic heterocycles. The Morgan fingerprint density at radius 2 is 0.800 bits per heavy atom. The molecule has 11 rings (SSSR count). The highest BCUT2D eigenvalue weighted by molar-refractivity contribution is 6.14. The summed E-state index contributed by atoms with van der Waals surface area (Å²) in [6.45, 7) is 8.52. The van der Waals surface area contributed by atoms with E-state index in [4.69, 9.17) is 9.47 Å². The van der Waals surface area contributed by atoms with Gasteiger partial charge in [0, 0.05) is 21.5 Å². The zero-order valence-corrected chi connectivity index (χ0v) is 28.3. The van der Waals surface area contributed by atoms with Gasteiger partial charge in [0.2, 0.25) is 0 Å². The molecule has 4 heteroatoms. The van der Waals surface area contributed by atoms with Crippen molar-refractivity contribution in [2.24, 2.45) is 0 Å². The third kappa shape index (κ3) is 3.76. The average Bonchev–Trinajstić information content (AvgIpc) is 3.61. The van der Waals surface area contributed by atoms with E-state index in [1.807, 2.05) is 0 Å². The maximum Gasteiger partial charge on any atom is 0.152 e. The molecule has 238 valence electrons. The van der Waals surface area contributed by atoms with Crippen molar-refractivity contribution in [3.63, 3.8) is 0 Å². The first-order valence-electron chi connectivity index (χ1n) is 17.2. The minimum absolute atomic E-state index is 0.901. The zero-order chi connectivity index (χ0) is 33.4. The van der Waals surface area contributed by atoms with E-state index in [1.165, 1.54) is 77.1 Å². The third-order valence-electron chi connectivity index (χ3n) is 10.6. The molecule has 0 aliphatic carbocycles. The van der Waals surface area contributed by atoms with Crippen LogP contribution in [-0.4, -0.2) is 9.13 Å². The number of hydrogen-bond acceptors (Lipinski definition) is 2. The Morgan fingerprint density at radius 1 is 0.360 bits per heavy atom. The van der Waals surface area contributed by atoms with Gasteiger partial charge in [-0.3, -0.25) is 0 Å². The van der Waals surface area contributed by atoms with Crippen LogP contribution in [0.15, 0.2) is 121 Å². The standard InChI is InChI=1S/C46H32N2O2/c1-25-8-12-39-41(18-25)49-43-20-27(3)16-35-33-23-31(10-14-37(33)47(39)45(35)43)29-6-5-7-30(22-29)32-11-15-38-34(24-32)36-17-28(4)21-44-46(36)48(38)40-13-9-26(2)19-42(40)50-44/h5-24H,1-4H3. The second-order valence-electron chi connectivity index (χ2n) is 14.2. The Morgan fingerprint density at radius 3 is 1.28 bits per heavy atom. The molecule has 0 bridgehead atoms. The van der Waals surface area contributed by atoms with Crippen LogP contribution in [0.4, 0.5) is 0 Å². The molecule has 0 spiro atoms. The molecule has 50 heavy (non-hydrogen) atoms. The summed E-state index contributed by atoms with van der Waals surface area (Å²) in [5.74, 6) is 3.63. The molecular formula is C46H32N2O2. The SMILES string of the molecule is Cc1ccc2c(c1)Oc1cc(C)cc3c4cc(-c5cccc(-c6ccc7c(c6)c6cc(C)cc8c6n7-c6ccc(C)cc6O8)c5)ccc4n-2c13. The van der Waals surface area contributed by atoms with Gasteiger partial charge in [-0.2, -0.15) is 0 Å². The molecule has 0 radical (unpaired) electrons. The molecule has 0 atom stereocenters. The average molecular weight is 645 g/mol. The van der Waals surface area contributed by atoms with E-state index >= 15 is 0 Å². The number of aryl methyl sites for hydroxylation is 4. The maximum absolute atomic E-state index is 6.50. The monoisotopic (exact) mass is 644 g/mol. The van der Waals surface area contributed by atoms with Gasteiger partial charge in [0.25, 0.3) is 0 Å². The lowest BCUT2D eigenvalue weighted by Gasteiger charge is -2.21. The molecule has 7 aromatic carbocycles. The fourth-order valence-electron chi connectivity index (χ4n) is 8.40. The number of hydrogen-bond donors (Lipinski definition) is 0.